The molecular formula is C13H26N2. The number of nitrogens with one attached hydrogen (secondary N) is 1. The summed E-state index contributed by atoms with van der Waals surface area (Å²) in [5.74, 6) is 0.811. The Bertz CT molecular complexity index is 201. The van der Waals surface area contributed by atoms with Crippen LogP contribution in [-0.4, -0.2) is 37.6 Å². The summed E-state index contributed by atoms with van der Waals surface area (Å²) < 4.78 is 0. The van der Waals surface area contributed by atoms with Crippen LogP contribution in [0.1, 0.15) is 39.5 Å². The highest BCUT2D eigenvalue weighted by molar-refractivity contribution is 4.94. The Morgan fingerprint density at radius 3 is 2.27 bits per heavy atom. The molecule has 0 aromatic heterocycles. The third-order valence-electron chi connectivity index (χ3n) is 4.61. The third-order valence-corrected chi connectivity index (χ3v) is 4.61. The summed E-state index contributed by atoms with van der Waals surface area (Å²) >= 11 is 0. The van der Waals surface area contributed by atoms with Crippen molar-refractivity contribution in [1.82, 2.24) is 10.2 Å². The maximum Gasteiger partial charge on any atom is 0.00964 e. The summed E-state index contributed by atoms with van der Waals surface area (Å²) in [5.41, 5.74) is 0.570. The molecule has 15 heavy (non-hydrogen) atoms. The van der Waals surface area contributed by atoms with Gasteiger partial charge in [-0.3, -0.25) is 0 Å². The van der Waals surface area contributed by atoms with Crippen molar-refractivity contribution in [2.45, 2.75) is 45.6 Å². The summed E-state index contributed by atoms with van der Waals surface area (Å²) in [7, 11) is 2.09. The van der Waals surface area contributed by atoms with Crippen LogP contribution in [0, 0.1) is 11.3 Å². The van der Waals surface area contributed by atoms with Gasteiger partial charge in [-0.15, -0.1) is 0 Å². The van der Waals surface area contributed by atoms with E-state index in [-0.39, 0.29) is 0 Å². The molecule has 0 bridgehead atoms. The van der Waals surface area contributed by atoms with Gasteiger partial charge in [-0.2, -0.15) is 0 Å². The van der Waals surface area contributed by atoms with Crippen LogP contribution in [0.15, 0.2) is 0 Å². The quantitative estimate of drug-likeness (QED) is 0.764. The first-order valence-electron chi connectivity index (χ1n) is 6.56. The SMILES string of the molecule is CNCC1(C(C)C)CCN(C2CC2)CC1. The van der Waals surface area contributed by atoms with Gasteiger partial charge < -0.3 is 10.2 Å². The molecule has 2 rings (SSSR count). The van der Waals surface area contributed by atoms with Crippen LogP contribution in [0.4, 0.5) is 0 Å². The molecule has 0 aromatic rings. The highest BCUT2D eigenvalue weighted by Crippen LogP contribution is 2.41. The van der Waals surface area contributed by atoms with E-state index in [9.17, 15) is 0 Å². The predicted molar refractivity (Wildman–Crippen MR) is 65.0 cm³/mol. The molecule has 88 valence electrons. The number of nitrogens with zero attached hydrogens (tertiary/aromatic N) is 1. The second kappa shape index (κ2) is 4.42. The Balaban J connectivity index is 1.91. The van der Waals surface area contributed by atoms with Crippen LogP contribution < -0.4 is 5.32 Å². The minimum absolute atomic E-state index is 0.570. The molecule has 1 N–H and O–H groups in total. The molecule has 1 heterocycles. The van der Waals surface area contributed by atoms with Gasteiger partial charge >= 0.3 is 0 Å². The summed E-state index contributed by atoms with van der Waals surface area (Å²) in [6, 6.07) is 0.963. The van der Waals surface area contributed by atoms with Crippen LogP contribution in [0.2, 0.25) is 0 Å². The number of hydrogen-bond donors (Lipinski definition) is 1. The fourth-order valence-electron chi connectivity index (χ4n) is 3.08. The van der Waals surface area contributed by atoms with Gasteiger partial charge in [0, 0.05) is 12.6 Å². The summed E-state index contributed by atoms with van der Waals surface area (Å²) in [5, 5.41) is 3.40. The van der Waals surface area contributed by atoms with Crippen molar-refractivity contribution in [2.75, 3.05) is 26.7 Å². The highest BCUT2D eigenvalue weighted by atomic mass is 15.2. The van der Waals surface area contributed by atoms with Crippen LogP contribution >= 0.6 is 0 Å². The molecule has 0 spiro atoms. The third kappa shape index (κ3) is 2.36. The van der Waals surface area contributed by atoms with Crippen molar-refractivity contribution < 1.29 is 0 Å². The van der Waals surface area contributed by atoms with Crippen molar-refractivity contribution >= 4 is 0 Å². The van der Waals surface area contributed by atoms with Gasteiger partial charge in [0.1, 0.15) is 0 Å². The molecule has 1 saturated heterocycles. The van der Waals surface area contributed by atoms with Crippen molar-refractivity contribution in [3.63, 3.8) is 0 Å². The molecule has 2 heteroatoms. The van der Waals surface area contributed by atoms with Crippen molar-refractivity contribution in [3.05, 3.63) is 0 Å². The second-order valence-electron chi connectivity index (χ2n) is 5.81. The normalized spacial score (nSPS) is 27.2. The van der Waals surface area contributed by atoms with Crippen LogP contribution in [0.25, 0.3) is 0 Å². The van der Waals surface area contributed by atoms with Gasteiger partial charge in [0.25, 0.3) is 0 Å². The fourth-order valence-corrected chi connectivity index (χ4v) is 3.08. The lowest BCUT2D eigenvalue weighted by atomic mass is 9.70. The molecule has 1 aliphatic heterocycles. The molecule has 0 amide bonds. The van der Waals surface area contributed by atoms with Gasteiger partial charge in [0.15, 0.2) is 0 Å². The Morgan fingerprint density at radius 2 is 1.87 bits per heavy atom. The maximum absolute atomic E-state index is 3.40. The largest absolute Gasteiger partial charge is 0.319 e. The van der Waals surface area contributed by atoms with Gasteiger partial charge in [-0.05, 0) is 57.2 Å². The van der Waals surface area contributed by atoms with Crippen molar-refractivity contribution in [2.24, 2.45) is 11.3 Å². The first kappa shape index (κ1) is 11.4. The highest BCUT2D eigenvalue weighted by Gasteiger charge is 2.40. The van der Waals surface area contributed by atoms with E-state index < -0.39 is 0 Å². The molecule has 1 saturated carbocycles. The number of likely N-dealkylation sites (tertiary alicyclic amines) is 1. The van der Waals surface area contributed by atoms with E-state index in [4.69, 9.17) is 0 Å². The van der Waals surface area contributed by atoms with Gasteiger partial charge in [-0.1, -0.05) is 13.8 Å². The van der Waals surface area contributed by atoms with Gasteiger partial charge in [0.2, 0.25) is 0 Å². The smallest absolute Gasteiger partial charge is 0.00964 e. The molecule has 0 atom stereocenters. The summed E-state index contributed by atoms with van der Waals surface area (Å²) in [6.07, 6.45) is 5.70. The lowest BCUT2D eigenvalue weighted by molar-refractivity contribution is 0.0589. The number of piperidine rings is 1. The summed E-state index contributed by atoms with van der Waals surface area (Å²) in [4.78, 5) is 2.72. The van der Waals surface area contributed by atoms with E-state index in [1.165, 1.54) is 45.3 Å². The van der Waals surface area contributed by atoms with Gasteiger partial charge in [0.05, 0.1) is 0 Å². The lowest BCUT2D eigenvalue weighted by Gasteiger charge is -2.45. The van der Waals surface area contributed by atoms with E-state index in [1.807, 2.05) is 0 Å². The molecule has 0 radical (unpaired) electrons. The Hall–Kier alpha value is -0.0800. The first-order chi connectivity index (χ1) is 7.18. The van der Waals surface area contributed by atoms with E-state index >= 15 is 0 Å². The maximum atomic E-state index is 3.40. The van der Waals surface area contributed by atoms with Crippen LogP contribution in [0.3, 0.4) is 0 Å². The van der Waals surface area contributed by atoms with Gasteiger partial charge in [-0.25, -0.2) is 0 Å². The Labute approximate surface area is 94.4 Å². The second-order valence-corrected chi connectivity index (χ2v) is 5.81. The summed E-state index contributed by atoms with van der Waals surface area (Å²) in [6.45, 7) is 8.66. The lowest BCUT2D eigenvalue weighted by Crippen LogP contribution is -2.47. The molecule has 1 aliphatic carbocycles. The average Bonchev–Trinajstić information content (AvgIpc) is 3.02. The molecule has 0 aromatic carbocycles. The number of hydrogen-bond acceptors (Lipinski definition) is 2. The zero-order valence-corrected chi connectivity index (χ0v) is 10.6. The molecule has 2 aliphatic rings. The molecule has 2 nitrogen and oxygen atoms in total. The Morgan fingerprint density at radius 1 is 1.27 bits per heavy atom. The molecule has 0 unspecified atom stereocenters. The average molecular weight is 210 g/mol. The zero-order chi connectivity index (χ0) is 10.9. The number of rotatable bonds is 4. The topological polar surface area (TPSA) is 15.3 Å². The van der Waals surface area contributed by atoms with Crippen molar-refractivity contribution in [3.8, 4) is 0 Å². The zero-order valence-electron chi connectivity index (χ0n) is 10.6. The van der Waals surface area contributed by atoms with Crippen LogP contribution in [-0.2, 0) is 0 Å². The standard InChI is InChI=1S/C13H26N2/c1-11(2)13(10-14-3)6-8-15(9-7-13)12-4-5-12/h11-12,14H,4-10H2,1-3H3. The van der Waals surface area contributed by atoms with Crippen LogP contribution in [0.5, 0.6) is 0 Å². The van der Waals surface area contributed by atoms with E-state index in [0.717, 1.165) is 12.0 Å². The molecular weight excluding hydrogens is 184 g/mol. The monoisotopic (exact) mass is 210 g/mol. The van der Waals surface area contributed by atoms with Crippen molar-refractivity contribution in [1.29, 1.82) is 0 Å². The predicted octanol–water partition coefficient (Wildman–Crippen LogP) is 2.11. The minimum atomic E-state index is 0.570. The van der Waals surface area contributed by atoms with E-state index in [1.54, 1.807) is 0 Å². The Kier molecular flexibility index (Phi) is 3.36. The van der Waals surface area contributed by atoms with E-state index in [0.29, 0.717) is 5.41 Å². The first-order valence-corrected chi connectivity index (χ1v) is 6.56. The van der Waals surface area contributed by atoms with E-state index in [2.05, 4.69) is 31.1 Å². The molecule has 2 fully saturated rings. The fraction of sp³-hybridized carbons (Fsp3) is 1.00. The minimum Gasteiger partial charge on any atom is -0.319 e.